The van der Waals surface area contributed by atoms with E-state index >= 15 is 0 Å². The Labute approximate surface area is 139 Å². The van der Waals surface area contributed by atoms with Gasteiger partial charge in [0.05, 0.1) is 17.9 Å². The van der Waals surface area contributed by atoms with Crippen LogP contribution in [0.15, 0.2) is 64.4 Å². The molecule has 0 radical (unpaired) electrons. The van der Waals surface area contributed by atoms with E-state index in [1.54, 1.807) is 23.7 Å². The van der Waals surface area contributed by atoms with Crippen molar-refractivity contribution in [2.75, 3.05) is 19.0 Å². The summed E-state index contributed by atoms with van der Waals surface area (Å²) < 4.78 is 0. The molecule has 5 nitrogen and oxygen atoms in total. The summed E-state index contributed by atoms with van der Waals surface area (Å²) in [5.74, 6) is 0. The minimum absolute atomic E-state index is 0.558. The van der Waals surface area contributed by atoms with Crippen LogP contribution in [0.5, 0.6) is 0 Å². The molecule has 0 aliphatic carbocycles. The van der Waals surface area contributed by atoms with Crippen molar-refractivity contribution in [1.82, 2.24) is 9.97 Å². The summed E-state index contributed by atoms with van der Waals surface area (Å²) in [5.41, 5.74) is 4.01. The molecule has 0 saturated heterocycles. The number of azo groups is 1. The van der Waals surface area contributed by atoms with E-state index in [0.717, 1.165) is 27.6 Å². The lowest BCUT2D eigenvalue weighted by Gasteiger charge is -2.05. The van der Waals surface area contributed by atoms with Gasteiger partial charge in [0.25, 0.3) is 0 Å². The second-order valence-electron chi connectivity index (χ2n) is 5.21. The Hall–Kier alpha value is -2.60. The zero-order valence-corrected chi connectivity index (χ0v) is 13.9. The highest BCUT2D eigenvalue weighted by Crippen LogP contribution is 2.27. The highest BCUT2D eigenvalue weighted by molar-refractivity contribution is 7.14. The van der Waals surface area contributed by atoms with Crippen molar-refractivity contribution < 1.29 is 0 Å². The third-order valence-corrected chi connectivity index (χ3v) is 4.23. The molecule has 0 atom stereocenters. The van der Waals surface area contributed by atoms with Crippen LogP contribution in [0, 0.1) is 0 Å². The summed E-state index contributed by atoms with van der Waals surface area (Å²) in [4.78, 5) is 10.6. The minimum Gasteiger partial charge on any atom is -0.354 e. The van der Waals surface area contributed by atoms with Crippen molar-refractivity contribution in [3.05, 3.63) is 59.7 Å². The monoisotopic (exact) mass is 323 g/mol. The van der Waals surface area contributed by atoms with Gasteiger partial charge in [0.1, 0.15) is 0 Å². The van der Waals surface area contributed by atoms with E-state index in [0.29, 0.717) is 6.54 Å². The molecule has 0 N–H and O–H groups in total. The first-order valence-electron chi connectivity index (χ1n) is 7.22. The van der Waals surface area contributed by atoms with Crippen molar-refractivity contribution in [3.8, 4) is 11.3 Å². The standard InChI is InChI=1S/C17H17N5S/c1-22(2)17-20-16(12-23-17)14-3-5-15(6-4-14)21-19-11-13-7-9-18-10-8-13/h3-10,12H,11H2,1-2H3. The van der Waals surface area contributed by atoms with Gasteiger partial charge in [-0.05, 0) is 29.8 Å². The lowest BCUT2D eigenvalue weighted by Crippen LogP contribution is -2.07. The van der Waals surface area contributed by atoms with Gasteiger partial charge in [-0.2, -0.15) is 10.2 Å². The van der Waals surface area contributed by atoms with Crippen molar-refractivity contribution in [3.63, 3.8) is 0 Å². The number of aromatic nitrogens is 2. The first kappa shape index (κ1) is 15.3. The molecule has 2 aromatic heterocycles. The lowest BCUT2D eigenvalue weighted by molar-refractivity contribution is 0.955. The maximum Gasteiger partial charge on any atom is 0.185 e. The molecule has 0 fully saturated rings. The molecule has 116 valence electrons. The lowest BCUT2D eigenvalue weighted by atomic mass is 10.1. The highest BCUT2D eigenvalue weighted by atomic mass is 32.1. The van der Waals surface area contributed by atoms with Gasteiger partial charge in [-0.15, -0.1) is 11.3 Å². The number of pyridine rings is 1. The zero-order chi connectivity index (χ0) is 16.1. The smallest absolute Gasteiger partial charge is 0.185 e. The van der Waals surface area contributed by atoms with Crippen LogP contribution < -0.4 is 4.90 Å². The number of benzene rings is 1. The van der Waals surface area contributed by atoms with Crippen LogP contribution in [0.2, 0.25) is 0 Å². The van der Waals surface area contributed by atoms with Gasteiger partial charge < -0.3 is 4.90 Å². The van der Waals surface area contributed by atoms with E-state index in [9.17, 15) is 0 Å². The number of hydrogen-bond donors (Lipinski definition) is 0. The van der Waals surface area contributed by atoms with E-state index < -0.39 is 0 Å². The summed E-state index contributed by atoms with van der Waals surface area (Å²) in [7, 11) is 3.99. The van der Waals surface area contributed by atoms with Crippen LogP contribution in [-0.2, 0) is 6.54 Å². The van der Waals surface area contributed by atoms with Crippen molar-refractivity contribution in [2.45, 2.75) is 6.54 Å². The Kier molecular flexibility index (Phi) is 4.73. The molecule has 0 aliphatic rings. The molecular weight excluding hydrogens is 306 g/mol. The van der Waals surface area contributed by atoms with E-state index in [4.69, 9.17) is 0 Å². The summed E-state index contributed by atoms with van der Waals surface area (Å²) in [5, 5.41) is 11.5. The Morgan fingerprint density at radius 1 is 1.04 bits per heavy atom. The van der Waals surface area contributed by atoms with Gasteiger partial charge in [0.15, 0.2) is 5.13 Å². The maximum absolute atomic E-state index is 4.60. The second-order valence-corrected chi connectivity index (χ2v) is 6.05. The molecule has 0 unspecified atom stereocenters. The van der Waals surface area contributed by atoms with Crippen LogP contribution >= 0.6 is 11.3 Å². The largest absolute Gasteiger partial charge is 0.354 e. The SMILES string of the molecule is CN(C)c1nc(-c2ccc(N=NCc3ccncc3)cc2)cs1. The molecule has 3 aromatic rings. The topological polar surface area (TPSA) is 53.7 Å². The molecule has 3 rings (SSSR count). The number of anilines is 1. The first-order chi connectivity index (χ1) is 11.2. The molecule has 0 spiro atoms. The Morgan fingerprint density at radius 2 is 1.78 bits per heavy atom. The predicted molar refractivity (Wildman–Crippen MR) is 94.3 cm³/mol. The van der Waals surface area contributed by atoms with Crippen molar-refractivity contribution in [2.24, 2.45) is 10.2 Å². The van der Waals surface area contributed by atoms with E-state index in [1.165, 1.54) is 0 Å². The summed E-state index contributed by atoms with van der Waals surface area (Å²) >= 11 is 1.64. The maximum atomic E-state index is 4.60. The van der Waals surface area contributed by atoms with Crippen molar-refractivity contribution in [1.29, 1.82) is 0 Å². The van der Waals surface area contributed by atoms with Gasteiger partial charge in [-0.3, -0.25) is 4.98 Å². The van der Waals surface area contributed by atoms with Crippen molar-refractivity contribution >= 4 is 22.2 Å². The summed E-state index contributed by atoms with van der Waals surface area (Å²) in [6.07, 6.45) is 3.52. The normalized spacial score (nSPS) is 11.0. The second kappa shape index (κ2) is 7.11. The Balaban J connectivity index is 1.67. The molecule has 0 aliphatic heterocycles. The Bertz CT molecular complexity index is 778. The molecule has 0 amide bonds. The molecular formula is C17H17N5S. The molecule has 6 heteroatoms. The number of nitrogens with zero attached hydrogens (tertiary/aromatic N) is 5. The Morgan fingerprint density at radius 3 is 2.43 bits per heavy atom. The predicted octanol–water partition coefficient (Wildman–Crippen LogP) is 4.56. The fraction of sp³-hybridized carbons (Fsp3) is 0.176. The van der Waals surface area contributed by atoms with Gasteiger partial charge >= 0.3 is 0 Å². The summed E-state index contributed by atoms with van der Waals surface area (Å²) in [6.45, 7) is 0.558. The van der Waals surface area contributed by atoms with Crippen LogP contribution in [0.3, 0.4) is 0 Å². The van der Waals surface area contributed by atoms with Crippen LogP contribution in [0.1, 0.15) is 5.56 Å². The van der Waals surface area contributed by atoms with Crippen LogP contribution in [-0.4, -0.2) is 24.1 Å². The van der Waals surface area contributed by atoms with Gasteiger partial charge in [0, 0.05) is 37.4 Å². The van der Waals surface area contributed by atoms with Crippen LogP contribution in [0.4, 0.5) is 10.8 Å². The number of hydrogen-bond acceptors (Lipinski definition) is 6. The third kappa shape index (κ3) is 3.98. The fourth-order valence-corrected chi connectivity index (χ4v) is 2.76. The van der Waals surface area contributed by atoms with Crippen LogP contribution in [0.25, 0.3) is 11.3 Å². The van der Waals surface area contributed by atoms with Gasteiger partial charge in [-0.25, -0.2) is 4.98 Å². The molecule has 0 saturated carbocycles. The summed E-state index contributed by atoms with van der Waals surface area (Å²) in [6, 6.07) is 11.8. The van der Waals surface area contributed by atoms with Gasteiger partial charge in [0.2, 0.25) is 0 Å². The van der Waals surface area contributed by atoms with E-state index in [1.807, 2.05) is 55.4 Å². The number of thiazole rings is 1. The van der Waals surface area contributed by atoms with E-state index in [-0.39, 0.29) is 0 Å². The molecule has 23 heavy (non-hydrogen) atoms. The minimum atomic E-state index is 0.558. The average molecular weight is 323 g/mol. The fourth-order valence-electron chi connectivity index (χ4n) is 1.99. The van der Waals surface area contributed by atoms with E-state index in [2.05, 4.69) is 25.6 Å². The first-order valence-corrected chi connectivity index (χ1v) is 8.10. The zero-order valence-electron chi connectivity index (χ0n) is 13.0. The third-order valence-electron chi connectivity index (χ3n) is 3.23. The highest BCUT2D eigenvalue weighted by Gasteiger charge is 2.05. The average Bonchev–Trinajstić information content (AvgIpc) is 3.07. The quantitative estimate of drug-likeness (QED) is 0.647. The molecule has 2 heterocycles. The molecule has 1 aromatic carbocycles. The van der Waals surface area contributed by atoms with Gasteiger partial charge in [-0.1, -0.05) is 12.1 Å². The molecule has 0 bridgehead atoms. The number of rotatable bonds is 5.